The summed E-state index contributed by atoms with van der Waals surface area (Å²) < 4.78 is 31.9. The van der Waals surface area contributed by atoms with Gasteiger partial charge in [-0.15, -0.1) is 0 Å². The van der Waals surface area contributed by atoms with E-state index in [0.717, 1.165) is 24.0 Å². The maximum Gasteiger partial charge on any atom is 0.244 e. The van der Waals surface area contributed by atoms with Crippen LogP contribution in [-0.2, 0) is 15.8 Å². The smallest absolute Gasteiger partial charge is 0.244 e. The minimum Gasteiger partial charge on any atom is -0.338 e. The van der Waals surface area contributed by atoms with Gasteiger partial charge in [0.05, 0.1) is 10.8 Å². The van der Waals surface area contributed by atoms with Crippen LogP contribution in [0.4, 0.5) is 0 Å². The molecule has 0 radical (unpaired) electrons. The number of hydrogen-bond acceptors (Lipinski definition) is 7. The molecule has 4 rings (SSSR count). The SMILES string of the molecule is Cc1ccccc1-c1noc(CSc2ccc(S(=O)(=O)N3CCCC3)cn2)n1. The Morgan fingerprint density at radius 1 is 1.14 bits per heavy atom. The van der Waals surface area contributed by atoms with Crippen LogP contribution < -0.4 is 0 Å². The maximum absolute atomic E-state index is 12.5. The summed E-state index contributed by atoms with van der Waals surface area (Å²) in [5.41, 5.74) is 2.02. The fourth-order valence-electron chi connectivity index (χ4n) is 3.06. The van der Waals surface area contributed by atoms with Gasteiger partial charge in [-0.05, 0) is 37.5 Å². The standard InChI is InChI=1S/C19H20N4O3S2/c1-14-6-2-3-7-16(14)19-21-17(26-22-19)13-27-18-9-8-15(12-20-18)28(24,25)23-10-4-5-11-23/h2-3,6-9,12H,4-5,10-11,13H2,1H3. The van der Waals surface area contributed by atoms with Crippen molar-refractivity contribution in [3.05, 3.63) is 54.0 Å². The van der Waals surface area contributed by atoms with Gasteiger partial charge in [-0.1, -0.05) is 41.2 Å². The lowest BCUT2D eigenvalue weighted by Crippen LogP contribution is -2.27. The molecule has 1 fully saturated rings. The van der Waals surface area contributed by atoms with Crippen LogP contribution in [0.3, 0.4) is 0 Å². The molecule has 0 unspecified atom stereocenters. The van der Waals surface area contributed by atoms with Crippen molar-refractivity contribution in [1.29, 1.82) is 0 Å². The van der Waals surface area contributed by atoms with Crippen molar-refractivity contribution < 1.29 is 12.9 Å². The molecule has 7 nitrogen and oxygen atoms in total. The van der Waals surface area contributed by atoms with Gasteiger partial charge in [0.1, 0.15) is 4.90 Å². The largest absolute Gasteiger partial charge is 0.338 e. The molecule has 0 atom stereocenters. The fourth-order valence-corrected chi connectivity index (χ4v) is 5.21. The molecule has 1 aromatic carbocycles. The summed E-state index contributed by atoms with van der Waals surface area (Å²) in [6.07, 6.45) is 3.24. The first-order valence-electron chi connectivity index (χ1n) is 9.01. The lowest BCUT2D eigenvalue weighted by atomic mass is 10.1. The topological polar surface area (TPSA) is 89.2 Å². The van der Waals surface area contributed by atoms with E-state index in [1.807, 2.05) is 31.2 Å². The third-order valence-electron chi connectivity index (χ3n) is 4.61. The molecule has 0 aliphatic carbocycles. The van der Waals surface area contributed by atoms with Gasteiger partial charge < -0.3 is 4.52 Å². The van der Waals surface area contributed by atoms with E-state index in [1.54, 1.807) is 12.1 Å². The molecule has 2 aromatic heterocycles. The van der Waals surface area contributed by atoms with E-state index >= 15 is 0 Å². The number of aryl methyl sites for hydroxylation is 1. The zero-order chi connectivity index (χ0) is 19.6. The van der Waals surface area contributed by atoms with Gasteiger partial charge in [-0.25, -0.2) is 13.4 Å². The van der Waals surface area contributed by atoms with Gasteiger partial charge in [0.25, 0.3) is 0 Å². The first kappa shape index (κ1) is 19.1. The molecule has 3 aromatic rings. The van der Waals surface area contributed by atoms with E-state index in [0.29, 0.717) is 35.6 Å². The van der Waals surface area contributed by atoms with E-state index in [-0.39, 0.29) is 4.90 Å². The number of pyridine rings is 1. The second-order valence-electron chi connectivity index (χ2n) is 6.56. The van der Waals surface area contributed by atoms with Crippen LogP contribution in [0.25, 0.3) is 11.4 Å². The summed E-state index contributed by atoms with van der Waals surface area (Å²) in [5.74, 6) is 1.52. The molecule has 146 valence electrons. The Hall–Kier alpha value is -2.23. The van der Waals surface area contributed by atoms with E-state index < -0.39 is 10.0 Å². The molecule has 1 aliphatic rings. The van der Waals surface area contributed by atoms with Crippen LogP contribution in [0.15, 0.2) is 57.0 Å². The van der Waals surface area contributed by atoms with Crippen molar-refractivity contribution >= 4 is 21.8 Å². The van der Waals surface area contributed by atoms with Crippen molar-refractivity contribution in [3.63, 3.8) is 0 Å². The highest BCUT2D eigenvalue weighted by molar-refractivity contribution is 7.98. The quantitative estimate of drug-likeness (QED) is 0.568. The van der Waals surface area contributed by atoms with Crippen molar-refractivity contribution in [1.82, 2.24) is 19.4 Å². The second-order valence-corrected chi connectivity index (χ2v) is 9.49. The van der Waals surface area contributed by atoms with Crippen LogP contribution in [0.5, 0.6) is 0 Å². The molecular weight excluding hydrogens is 396 g/mol. The van der Waals surface area contributed by atoms with Crippen molar-refractivity contribution in [2.24, 2.45) is 0 Å². The van der Waals surface area contributed by atoms with Crippen LogP contribution in [0.2, 0.25) is 0 Å². The minimum absolute atomic E-state index is 0.235. The molecule has 9 heteroatoms. The number of aromatic nitrogens is 3. The van der Waals surface area contributed by atoms with E-state index in [1.165, 1.54) is 22.3 Å². The Morgan fingerprint density at radius 2 is 1.93 bits per heavy atom. The van der Waals surface area contributed by atoms with E-state index in [2.05, 4.69) is 15.1 Å². The van der Waals surface area contributed by atoms with Crippen LogP contribution in [-0.4, -0.2) is 40.9 Å². The fraction of sp³-hybridized carbons (Fsp3) is 0.316. The summed E-state index contributed by atoms with van der Waals surface area (Å²) in [6, 6.07) is 11.2. The number of thioether (sulfide) groups is 1. The van der Waals surface area contributed by atoms with Crippen molar-refractivity contribution in [2.45, 2.75) is 35.4 Å². The molecule has 0 spiro atoms. The first-order valence-corrected chi connectivity index (χ1v) is 11.4. The number of hydrogen-bond donors (Lipinski definition) is 0. The lowest BCUT2D eigenvalue weighted by molar-refractivity contribution is 0.391. The Kier molecular flexibility index (Phi) is 5.47. The van der Waals surface area contributed by atoms with Crippen LogP contribution >= 0.6 is 11.8 Å². The Balaban J connectivity index is 1.41. The number of benzene rings is 1. The normalized spacial score (nSPS) is 15.2. The average Bonchev–Trinajstić information content (AvgIpc) is 3.40. The number of rotatable bonds is 6. The zero-order valence-corrected chi connectivity index (χ0v) is 17.0. The molecular formula is C19H20N4O3S2. The molecule has 1 aliphatic heterocycles. The average molecular weight is 417 g/mol. The van der Waals surface area contributed by atoms with Gasteiger partial charge in [0, 0.05) is 24.8 Å². The van der Waals surface area contributed by atoms with Gasteiger partial charge in [0.2, 0.25) is 21.7 Å². The highest BCUT2D eigenvalue weighted by Gasteiger charge is 2.27. The van der Waals surface area contributed by atoms with Gasteiger partial charge in [0.15, 0.2) is 0 Å². The van der Waals surface area contributed by atoms with Crippen molar-refractivity contribution in [2.75, 3.05) is 13.1 Å². The molecule has 0 saturated carbocycles. The predicted octanol–water partition coefficient (Wildman–Crippen LogP) is 3.52. The van der Waals surface area contributed by atoms with Gasteiger partial charge in [-0.3, -0.25) is 0 Å². The monoisotopic (exact) mass is 416 g/mol. The first-order chi connectivity index (χ1) is 13.5. The third kappa shape index (κ3) is 3.96. The molecule has 0 bridgehead atoms. The molecule has 1 saturated heterocycles. The predicted molar refractivity (Wildman–Crippen MR) is 106 cm³/mol. The van der Waals surface area contributed by atoms with E-state index in [9.17, 15) is 8.42 Å². The van der Waals surface area contributed by atoms with Crippen LogP contribution in [0.1, 0.15) is 24.3 Å². The second kappa shape index (κ2) is 8.02. The Labute approximate surface area is 168 Å². The molecule has 0 N–H and O–H groups in total. The molecule has 3 heterocycles. The Bertz CT molecular complexity index is 1060. The summed E-state index contributed by atoms with van der Waals surface area (Å²) in [7, 11) is -3.43. The molecule has 0 amide bonds. The molecule has 28 heavy (non-hydrogen) atoms. The summed E-state index contributed by atoms with van der Waals surface area (Å²) in [4.78, 5) is 8.95. The third-order valence-corrected chi connectivity index (χ3v) is 7.42. The number of nitrogens with zero attached hydrogens (tertiary/aromatic N) is 4. The van der Waals surface area contributed by atoms with E-state index in [4.69, 9.17) is 4.52 Å². The minimum atomic E-state index is -3.43. The lowest BCUT2D eigenvalue weighted by Gasteiger charge is -2.15. The summed E-state index contributed by atoms with van der Waals surface area (Å²) in [5, 5.41) is 4.75. The highest BCUT2D eigenvalue weighted by atomic mass is 32.2. The maximum atomic E-state index is 12.5. The van der Waals surface area contributed by atoms with Crippen molar-refractivity contribution in [3.8, 4) is 11.4 Å². The van der Waals surface area contributed by atoms with Gasteiger partial charge in [-0.2, -0.15) is 9.29 Å². The Morgan fingerprint density at radius 3 is 2.64 bits per heavy atom. The highest BCUT2D eigenvalue weighted by Crippen LogP contribution is 2.26. The zero-order valence-electron chi connectivity index (χ0n) is 15.4. The summed E-state index contributed by atoms with van der Waals surface area (Å²) in [6.45, 7) is 3.17. The van der Waals surface area contributed by atoms with Crippen LogP contribution in [0, 0.1) is 6.92 Å². The van der Waals surface area contributed by atoms with Gasteiger partial charge >= 0.3 is 0 Å². The summed E-state index contributed by atoms with van der Waals surface area (Å²) >= 11 is 1.42. The number of sulfonamides is 1.